The Morgan fingerprint density at radius 1 is 1.47 bits per heavy atom. The summed E-state index contributed by atoms with van der Waals surface area (Å²) < 4.78 is 0. The number of aliphatic carboxylic acids is 1. The van der Waals surface area contributed by atoms with Crippen molar-refractivity contribution >= 4 is 18.0 Å². The van der Waals surface area contributed by atoms with Crippen molar-refractivity contribution in [3.05, 3.63) is 0 Å². The Morgan fingerprint density at radius 2 is 2.12 bits per heavy atom. The van der Waals surface area contributed by atoms with Crippen molar-refractivity contribution in [1.29, 1.82) is 0 Å². The van der Waals surface area contributed by atoms with Crippen LogP contribution in [0.4, 0.5) is 0 Å². The van der Waals surface area contributed by atoms with E-state index in [1.807, 2.05) is 0 Å². The minimum Gasteiger partial charge on any atom is -0.480 e. The largest absolute Gasteiger partial charge is 0.480 e. The summed E-state index contributed by atoms with van der Waals surface area (Å²) in [6.07, 6.45) is 2.03. The van der Waals surface area contributed by atoms with Crippen molar-refractivity contribution < 1.29 is 19.8 Å². The molecule has 0 aliphatic rings. The molecule has 0 heterocycles. The number of aliphatic imine (C=N–C) groups is 1. The van der Waals surface area contributed by atoms with Crippen LogP contribution in [0.3, 0.4) is 0 Å². The van der Waals surface area contributed by atoms with E-state index < -0.39 is 18.1 Å². The molecule has 4 N–H and O–H groups in total. The van der Waals surface area contributed by atoms with E-state index in [0.717, 1.165) is 0 Å². The summed E-state index contributed by atoms with van der Waals surface area (Å²) in [4.78, 5) is 25.0. The molecule has 98 valence electrons. The fraction of sp³-hybridized carbons (Fsp3) is 0.727. The van der Waals surface area contributed by atoms with Gasteiger partial charge in [0.2, 0.25) is 0 Å². The molecule has 17 heavy (non-hydrogen) atoms. The maximum atomic E-state index is 10.6. The highest BCUT2D eigenvalue weighted by atomic mass is 16.4. The van der Waals surface area contributed by atoms with Crippen LogP contribution in [0, 0.1) is 0 Å². The van der Waals surface area contributed by atoms with Crippen LogP contribution >= 0.6 is 0 Å². The minimum absolute atomic E-state index is 0.248. The first kappa shape index (κ1) is 15.7. The van der Waals surface area contributed by atoms with Crippen LogP contribution in [0.1, 0.15) is 32.6 Å². The molecule has 0 aliphatic carbocycles. The molecule has 0 saturated carbocycles. The van der Waals surface area contributed by atoms with Crippen LogP contribution in [-0.2, 0) is 9.59 Å². The van der Waals surface area contributed by atoms with Gasteiger partial charge in [0.25, 0.3) is 0 Å². The molecule has 0 saturated heterocycles. The fourth-order valence-corrected chi connectivity index (χ4v) is 1.27. The third-order valence-corrected chi connectivity index (χ3v) is 2.20. The molecule has 0 fully saturated rings. The van der Waals surface area contributed by atoms with Crippen LogP contribution in [0.15, 0.2) is 4.99 Å². The van der Waals surface area contributed by atoms with Crippen molar-refractivity contribution in [2.24, 2.45) is 10.7 Å². The first-order chi connectivity index (χ1) is 7.97. The Hall–Kier alpha value is -1.27. The van der Waals surface area contributed by atoms with Crippen molar-refractivity contribution in [2.75, 3.05) is 6.54 Å². The molecular formula is C11H20N2O4. The van der Waals surface area contributed by atoms with Gasteiger partial charge in [-0.15, -0.1) is 0 Å². The van der Waals surface area contributed by atoms with E-state index in [0.29, 0.717) is 37.8 Å². The number of aldehydes is 1. The highest BCUT2D eigenvalue weighted by Gasteiger charge is 2.09. The molecule has 0 bridgehead atoms. The Labute approximate surface area is 101 Å². The lowest BCUT2D eigenvalue weighted by Gasteiger charge is -2.05. The first-order valence-electron chi connectivity index (χ1n) is 5.62. The molecule has 2 unspecified atom stereocenters. The molecular weight excluding hydrogens is 224 g/mol. The second-order valence-corrected chi connectivity index (χ2v) is 3.98. The monoisotopic (exact) mass is 244 g/mol. The lowest BCUT2D eigenvalue weighted by Crippen LogP contribution is -2.29. The van der Waals surface area contributed by atoms with Gasteiger partial charge in [0.1, 0.15) is 6.04 Å². The molecule has 0 radical (unpaired) electrons. The number of hydrogen-bond donors (Lipinski definition) is 3. The van der Waals surface area contributed by atoms with Gasteiger partial charge in [0, 0.05) is 13.0 Å². The SMILES string of the molecule is CC(O)CC(C=O)=NCCCCC(N)C(=O)O. The molecule has 0 aromatic heterocycles. The second kappa shape index (κ2) is 8.83. The Morgan fingerprint density at radius 3 is 2.59 bits per heavy atom. The van der Waals surface area contributed by atoms with Gasteiger partial charge in [0.05, 0.1) is 11.8 Å². The lowest BCUT2D eigenvalue weighted by atomic mass is 10.1. The zero-order valence-electron chi connectivity index (χ0n) is 10.0. The number of aliphatic hydroxyl groups excluding tert-OH is 1. The predicted molar refractivity (Wildman–Crippen MR) is 64.1 cm³/mol. The number of unbranched alkanes of at least 4 members (excludes halogenated alkanes) is 1. The highest BCUT2D eigenvalue weighted by molar-refractivity contribution is 6.28. The Kier molecular flexibility index (Phi) is 8.17. The molecule has 0 rings (SSSR count). The van der Waals surface area contributed by atoms with Crippen molar-refractivity contribution in [2.45, 2.75) is 44.8 Å². The third kappa shape index (κ3) is 8.53. The van der Waals surface area contributed by atoms with Crippen LogP contribution in [0.2, 0.25) is 0 Å². The maximum Gasteiger partial charge on any atom is 0.320 e. The molecule has 0 aromatic rings. The van der Waals surface area contributed by atoms with Crippen LogP contribution in [0.5, 0.6) is 0 Å². The smallest absolute Gasteiger partial charge is 0.320 e. The van der Waals surface area contributed by atoms with E-state index in [-0.39, 0.29) is 6.42 Å². The van der Waals surface area contributed by atoms with E-state index in [4.69, 9.17) is 15.9 Å². The van der Waals surface area contributed by atoms with Gasteiger partial charge in [-0.3, -0.25) is 14.6 Å². The molecule has 6 nitrogen and oxygen atoms in total. The second-order valence-electron chi connectivity index (χ2n) is 3.98. The van der Waals surface area contributed by atoms with Gasteiger partial charge in [0.15, 0.2) is 6.29 Å². The number of nitrogens with zero attached hydrogens (tertiary/aromatic N) is 1. The van der Waals surface area contributed by atoms with E-state index in [1.54, 1.807) is 6.92 Å². The maximum absolute atomic E-state index is 10.6. The van der Waals surface area contributed by atoms with E-state index in [9.17, 15) is 9.59 Å². The number of carbonyl (C=O) groups excluding carboxylic acids is 1. The van der Waals surface area contributed by atoms with Gasteiger partial charge >= 0.3 is 5.97 Å². The zero-order chi connectivity index (χ0) is 13.3. The van der Waals surface area contributed by atoms with Crippen molar-refractivity contribution in [3.63, 3.8) is 0 Å². The van der Waals surface area contributed by atoms with Gasteiger partial charge in [-0.2, -0.15) is 0 Å². The zero-order valence-corrected chi connectivity index (χ0v) is 10.0. The fourth-order valence-electron chi connectivity index (χ4n) is 1.27. The first-order valence-corrected chi connectivity index (χ1v) is 5.62. The van der Waals surface area contributed by atoms with Crippen LogP contribution in [-0.4, -0.2) is 46.9 Å². The number of carbonyl (C=O) groups is 2. The summed E-state index contributed by atoms with van der Waals surface area (Å²) in [6, 6.07) is -0.831. The number of carboxylic acid groups (broad SMARTS) is 1. The average molecular weight is 244 g/mol. The number of rotatable bonds is 9. The lowest BCUT2D eigenvalue weighted by molar-refractivity contribution is -0.138. The molecule has 0 aliphatic heterocycles. The number of aliphatic hydroxyl groups is 1. The van der Waals surface area contributed by atoms with Gasteiger partial charge in [-0.1, -0.05) is 0 Å². The summed E-state index contributed by atoms with van der Waals surface area (Å²) in [7, 11) is 0. The van der Waals surface area contributed by atoms with E-state index >= 15 is 0 Å². The molecule has 0 aromatic carbocycles. The summed E-state index contributed by atoms with van der Waals surface area (Å²) in [5.41, 5.74) is 5.66. The molecule has 0 spiro atoms. The molecule has 0 amide bonds. The summed E-state index contributed by atoms with van der Waals surface area (Å²) in [5, 5.41) is 17.6. The predicted octanol–water partition coefficient (Wildman–Crippen LogP) is -0.0206. The average Bonchev–Trinajstić information content (AvgIpc) is 2.25. The summed E-state index contributed by atoms with van der Waals surface area (Å²) in [5.74, 6) is -1.00. The van der Waals surface area contributed by atoms with Crippen LogP contribution < -0.4 is 5.73 Å². The topological polar surface area (TPSA) is 113 Å². The van der Waals surface area contributed by atoms with Gasteiger partial charge in [-0.05, 0) is 26.2 Å². The quantitative estimate of drug-likeness (QED) is 0.300. The van der Waals surface area contributed by atoms with Gasteiger partial charge < -0.3 is 15.9 Å². The van der Waals surface area contributed by atoms with E-state index in [1.165, 1.54) is 0 Å². The van der Waals surface area contributed by atoms with Crippen molar-refractivity contribution in [1.82, 2.24) is 0 Å². The molecule has 2 atom stereocenters. The number of carboxylic acids is 1. The normalized spacial score (nSPS) is 15.4. The van der Waals surface area contributed by atoms with Crippen molar-refractivity contribution in [3.8, 4) is 0 Å². The van der Waals surface area contributed by atoms with Gasteiger partial charge in [-0.25, -0.2) is 0 Å². The van der Waals surface area contributed by atoms with Crippen LogP contribution in [0.25, 0.3) is 0 Å². The standard InChI is InChI=1S/C11H20N2O4/c1-8(15)6-9(7-14)13-5-3-2-4-10(12)11(16)17/h7-8,10,15H,2-6,12H2,1H3,(H,16,17). The number of nitrogens with two attached hydrogens (primary N) is 1. The minimum atomic E-state index is -1.00. The Balaban J connectivity index is 3.77. The third-order valence-electron chi connectivity index (χ3n) is 2.20. The number of hydrogen-bond acceptors (Lipinski definition) is 5. The molecule has 6 heteroatoms. The summed E-state index contributed by atoms with van der Waals surface area (Å²) >= 11 is 0. The highest BCUT2D eigenvalue weighted by Crippen LogP contribution is 2.00. The van der Waals surface area contributed by atoms with E-state index in [2.05, 4.69) is 4.99 Å². The summed E-state index contributed by atoms with van der Waals surface area (Å²) in [6.45, 7) is 2.04. The Bertz CT molecular complexity index is 277.